The number of methoxy groups -OCH3 is 2. The Hall–Kier alpha value is -3.97. The van der Waals surface area contributed by atoms with Crippen molar-refractivity contribution < 1.29 is 14.2 Å². The van der Waals surface area contributed by atoms with E-state index < -0.39 is 0 Å². The van der Waals surface area contributed by atoms with Crippen LogP contribution in [-0.2, 0) is 0 Å². The van der Waals surface area contributed by atoms with E-state index in [0.29, 0.717) is 51.7 Å². The zero-order chi connectivity index (χ0) is 27.1. The number of aromatic amines is 1. The van der Waals surface area contributed by atoms with E-state index >= 15 is 0 Å². The summed E-state index contributed by atoms with van der Waals surface area (Å²) in [5, 5.41) is 20.5. The Morgan fingerprint density at radius 2 is 1.58 bits per heavy atom. The van der Waals surface area contributed by atoms with Gasteiger partial charge in [0.25, 0.3) is 0 Å². The Bertz CT molecular complexity index is 1430. The van der Waals surface area contributed by atoms with Gasteiger partial charge in [-0.25, -0.2) is 4.99 Å². The predicted molar refractivity (Wildman–Crippen MR) is 146 cm³/mol. The van der Waals surface area contributed by atoms with Crippen LogP contribution < -0.4 is 14.2 Å². The topological polar surface area (TPSA) is 103 Å². The molecule has 1 aliphatic heterocycles. The number of hydrogen-bond acceptors (Lipinski definition) is 6. The second kappa shape index (κ2) is 10.1. The van der Waals surface area contributed by atoms with E-state index in [1.165, 1.54) is 0 Å². The van der Waals surface area contributed by atoms with Crippen molar-refractivity contribution in [3.63, 3.8) is 0 Å². The number of benzene rings is 1. The minimum absolute atomic E-state index is 0.0358. The van der Waals surface area contributed by atoms with Crippen LogP contribution in [-0.4, -0.2) is 24.9 Å². The quantitative estimate of drug-likeness (QED) is 0.366. The van der Waals surface area contributed by atoms with Crippen molar-refractivity contribution in [2.45, 2.75) is 65.2 Å². The van der Waals surface area contributed by atoms with Crippen molar-refractivity contribution in [3.05, 3.63) is 57.6 Å². The highest BCUT2D eigenvalue weighted by Gasteiger charge is 2.40. The van der Waals surface area contributed by atoms with Crippen molar-refractivity contribution in [2.75, 3.05) is 14.2 Å². The van der Waals surface area contributed by atoms with Crippen molar-refractivity contribution >= 4 is 11.5 Å². The molecule has 1 N–H and O–H groups in total. The maximum atomic E-state index is 10.2. The van der Waals surface area contributed by atoms with Crippen LogP contribution in [0.2, 0.25) is 0 Å². The van der Waals surface area contributed by atoms with Gasteiger partial charge < -0.3 is 19.2 Å². The molecule has 2 aromatic rings. The van der Waals surface area contributed by atoms with Gasteiger partial charge in [0.15, 0.2) is 17.3 Å². The van der Waals surface area contributed by atoms with Gasteiger partial charge in [0.1, 0.15) is 17.8 Å². The molecule has 1 aromatic carbocycles. The third kappa shape index (κ3) is 4.37. The number of aromatic nitrogens is 1. The van der Waals surface area contributed by atoms with E-state index in [9.17, 15) is 10.5 Å². The molecule has 2 saturated carbocycles. The number of para-hydroxylation sites is 1. The van der Waals surface area contributed by atoms with E-state index in [4.69, 9.17) is 19.2 Å². The fourth-order valence-corrected chi connectivity index (χ4v) is 5.33. The van der Waals surface area contributed by atoms with E-state index in [-0.39, 0.29) is 11.8 Å². The average molecular weight is 511 g/mol. The van der Waals surface area contributed by atoms with Crippen molar-refractivity contribution in [3.8, 4) is 29.4 Å². The average Bonchev–Trinajstić information content (AvgIpc) is 3.85. The first-order valence-electron chi connectivity index (χ1n) is 13.4. The molecule has 3 aliphatic rings. The van der Waals surface area contributed by atoms with Crippen LogP contribution in [0.4, 0.5) is 0 Å². The first kappa shape index (κ1) is 25.7. The van der Waals surface area contributed by atoms with Gasteiger partial charge in [-0.3, -0.25) is 0 Å². The molecule has 0 saturated heterocycles. The first-order valence-corrected chi connectivity index (χ1v) is 13.4. The van der Waals surface area contributed by atoms with Crippen molar-refractivity contribution in [1.82, 2.24) is 4.98 Å². The number of nitriles is 2. The SMILES string of the molecule is COc1cccc(OC)c1O/C(=C1/N=C(C2CC2)C(C#N)=C1C(C)C)c1[nH]c(C2CC2)c(C#N)c1C(C)C. The van der Waals surface area contributed by atoms with E-state index in [1.807, 2.05) is 18.2 Å². The fourth-order valence-electron chi connectivity index (χ4n) is 5.33. The summed E-state index contributed by atoms with van der Waals surface area (Å²) in [5.41, 5.74) is 6.28. The van der Waals surface area contributed by atoms with Gasteiger partial charge in [-0.15, -0.1) is 0 Å². The molecule has 7 nitrogen and oxygen atoms in total. The largest absolute Gasteiger partial charge is 0.493 e. The minimum atomic E-state index is 0.0358. The van der Waals surface area contributed by atoms with Gasteiger partial charge >= 0.3 is 0 Å². The zero-order valence-electron chi connectivity index (χ0n) is 22.9. The summed E-state index contributed by atoms with van der Waals surface area (Å²) in [4.78, 5) is 8.71. The normalized spacial score (nSPS) is 18.4. The second-order valence-electron chi connectivity index (χ2n) is 10.8. The van der Waals surface area contributed by atoms with E-state index in [0.717, 1.165) is 53.9 Å². The molecular formula is C31H34N4O3. The Balaban J connectivity index is 1.85. The smallest absolute Gasteiger partial charge is 0.211 e. The highest BCUT2D eigenvalue weighted by Crippen LogP contribution is 2.49. The van der Waals surface area contributed by atoms with Crippen LogP contribution in [0, 0.1) is 34.5 Å². The molecule has 1 aromatic heterocycles. The van der Waals surface area contributed by atoms with Crippen molar-refractivity contribution in [1.29, 1.82) is 10.5 Å². The molecule has 196 valence electrons. The number of rotatable bonds is 9. The molecular weight excluding hydrogens is 476 g/mol. The lowest BCUT2D eigenvalue weighted by Gasteiger charge is -2.20. The molecule has 7 heteroatoms. The molecule has 0 atom stereocenters. The van der Waals surface area contributed by atoms with Gasteiger partial charge in [-0.05, 0) is 49.7 Å². The number of nitrogens with zero attached hydrogens (tertiary/aromatic N) is 3. The Morgan fingerprint density at radius 1 is 0.947 bits per heavy atom. The van der Waals surface area contributed by atoms with E-state index in [1.54, 1.807) is 14.2 Å². The molecule has 0 bridgehead atoms. The molecule has 2 aliphatic carbocycles. The minimum Gasteiger partial charge on any atom is -0.493 e. The Morgan fingerprint density at radius 3 is 2.05 bits per heavy atom. The lowest BCUT2D eigenvalue weighted by atomic mass is 9.91. The summed E-state index contributed by atoms with van der Waals surface area (Å²) in [6.45, 7) is 8.33. The summed E-state index contributed by atoms with van der Waals surface area (Å²) in [6.07, 6.45) is 4.17. The molecule has 38 heavy (non-hydrogen) atoms. The highest BCUT2D eigenvalue weighted by atomic mass is 16.5. The lowest BCUT2D eigenvalue weighted by molar-refractivity contribution is 0.352. The molecule has 0 radical (unpaired) electrons. The molecule has 2 heterocycles. The van der Waals surface area contributed by atoms with Crippen LogP contribution in [0.1, 0.15) is 87.7 Å². The Kier molecular flexibility index (Phi) is 6.80. The molecule has 2 fully saturated rings. The lowest BCUT2D eigenvalue weighted by Crippen LogP contribution is -2.08. The van der Waals surface area contributed by atoms with Crippen LogP contribution in [0.15, 0.2) is 40.0 Å². The second-order valence-corrected chi connectivity index (χ2v) is 10.8. The van der Waals surface area contributed by atoms with Crippen LogP contribution >= 0.6 is 0 Å². The summed E-state index contributed by atoms with van der Waals surface area (Å²) in [6, 6.07) is 10.4. The van der Waals surface area contributed by atoms with Gasteiger partial charge in [-0.1, -0.05) is 33.8 Å². The summed E-state index contributed by atoms with van der Waals surface area (Å²) >= 11 is 0. The van der Waals surface area contributed by atoms with Gasteiger partial charge in [0.05, 0.1) is 36.8 Å². The fraction of sp³-hybridized carbons (Fsp3) is 0.452. The molecule has 0 spiro atoms. The van der Waals surface area contributed by atoms with Gasteiger partial charge in [0.2, 0.25) is 5.75 Å². The standard InChI is InChI=1S/C31H34N4O3/c1-16(2)24-20(14-32)26(18-10-11-18)34-28(24)31(38-30-22(36-5)8-7-9-23(30)37-6)29-25(17(3)4)21(15-33)27(35-29)19-12-13-19/h7-9,16-19,34H,10-13H2,1-6H3/b31-29+. The first-order chi connectivity index (χ1) is 18.3. The summed E-state index contributed by atoms with van der Waals surface area (Å²) in [5.74, 6) is 2.67. The van der Waals surface area contributed by atoms with E-state index in [2.05, 4.69) is 44.8 Å². The zero-order valence-corrected chi connectivity index (χ0v) is 22.9. The van der Waals surface area contributed by atoms with Crippen LogP contribution in [0.25, 0.3) is 5.76 Å². The third-order valence-corrected chi connectivity index (χ3v) is 7.44. The monoisotopic (exact) mass is 510 g/mol. The van der Waals surface area contributed by atoms with Gasteiger partial charge in [-0.2, -0.15) is 10.5 Å². The molecule has 0 amide bonds. The third-order valence-electron chi connectivity index (χ3n) is 7.44. The number of aliphatic imine (C=N–C) groups is 1. The number of nitrogens with one attached hydrogen (secondary N) is 1. The van der Waals surface area contributed by atoms with Crippen LogP contribution in [0.3, 0.4) is 0 Å². The maximum absolute atomic E-state index is 10.2. The Labute approximate surface area is 224 Å². The van der Waals surface area contributed by atoms with Crippen molar-refractivity contribution in [2.24, 2.45) is 16.8 Å². The molecule has 0 unspecified atom stereocenters. The van der Waals surface area contributed by atoms with Gasteiger partial charge in [0, 0.05) is 28.7 Å². The maximum Gasteiger partial charge on any atom is 0.211 e. The summed E-state index contributed by atoms with van der Waals surface area (Å²) in [7, 11) is 3.18. The number of hydrogen-bond donors (Lipinski definition) is 1. The summed E-state index contributed by atoms with van der Waals surface area (Å²) < 4.78 is 18.1. The number of H-pyrrole nitrogens is 1. The predicted octanol–water partition coefficient (Wildman–Crippen LogP) is 6.99. The molecule has 5 rings (SSSR count). The number of allylic oxidation sites excluding steroid dienone is 2. The van der Waals surface area contributed by atoms with Crippen LogP contribution in [0.5, 0.6) is 17.2 Å². The number of ether oxygens (including phenoxy) is 3. The highest BCUT2D eigenvalue weighted by molar-refractivity contribution is 6.11.